The van der Waals surface area contributed by atoms with Crippen molar-refractivity contribution < 1.29 is 0 Å². The Morgan fingerprint density at radius 3 is 1.19 bits per heavy atom. The molecule has 0 bridgehead atoms. The first-order valence-corrected chi connectivity index (χ1v) is 26.3. The van der Waals surface area contributed by atoms with Gasteiger partial charge in [0.25, 0.3) is 6.71 Å². The van der Waals surface area contributed by atoms with Gasteiger partial charge in [-0.2, -0.15) is 0 Å². The molecule has 0 aliphatic carbocycles. The van der Waals surface area contributed by atoms with Crippen LogP contribution in [0.15, 0.2) is 158 Å². The van der Waals surface area contributed by atoms with Gasteiger partial charge in [-0.25, -0.2) is 0 Å². The summed E-state index contributed by atoms with van der Waals surface area (Å²) in [5, 5.41) is 2.95. The normalized spacial score (nSPS) is 13.4. The maximum atomic E-state index is 2.60. The minimum absolute atomic E-state index is 0.0900. The molecule has 7 aromatic rings. The zero-order valence-corrected chi connectivity index (χ0v) is 34.5. The lowest BCUT2D eigenvalue weighted by Gasteiger charge is -2.45. The lowest BCUT2D eigenvalue weighted by atomic mass is 9.33. The standard InChI is InChI=1S/C49H47BN2Si2/c1-34-30-47-49-48(31-34)52(44-25-17-15-23-40(44)36-20-12-9-13-21-36)46-33-38(54(5,6)7)27-29-42(46)50(49)41-28-26-37(53(2,3)4)32-45(41)51(47)43-24-16-14-22-39(43)35-18-10-8-11-19-35/h8-33H,1-7H3. The average Bonchev–Trinajstić information content (AvgIpc) is 3.17. The molecular weight excluding hydrogens is 684 g/mol. The number of anilines is 6. The van der Waals surface area contributed by atoms with Crippen LogP contribution < -0.4 is 36.6 Å². The molecule has 0 saturated carbocycles. The Kier molecular flexibility index (Phi) is 8.22. The summed E-state index contributed by atoms with van der Waals surface area (Å²) < 4.78 is 0. The molecule has 5 heteroatoms. The maximum absolute atomic E-state index is 2.60. The Morgan fingerprint density at radius 2 is 0.778 bits per heavy atom. The summed E-state index contributed by atoms with van der Waals surface area (Å²) in [6.45, 7) is 17.1. The van der Waals surface area contributed by atoms with E-state index in [2.05, 4.69) is 214 Å². The lowest BCUT2D eigenvalue weighted by Crippen LogP contribution is -2.62. The molecule has 2 heterocycles. The number of hydrogen-bond donors (Lipinski definition) is 0. The molecule has 0 radical (unpaired) electrons. The van der Waals surface area contributed by atoms with Crippen LogP contribution in [0.1, 0.15) is 5.56 Å². The van der Waals surface area contributed by atoms with Crippen molar-refractivity contribution in [3.05, 3.63) is 163 Å². The summed E-state index contributed by atoms with van der Waals surface area (Å²) in [5.74, 6) is 0. The minimum atomic E-state index is -1.66. The number of benzene rings is 7. The summed E-state index contributed by atoms with van der Waals surface area (Å²) >= 11 is 0. The van der Waals surface area contributed by atoms with Crippen LogP contribution in [-0.4, -0.2) is 22.9 Å². The lowest BCUT2D eigenvalue weighted by molar-refractivity contribution is 1.24. The second-order valence-electron chi connectivity index (χ2n) is 17.1. The molecule has 0 amide bonds. The zero-order chi connectivity index (χ0) is 37.4. The SMILES string of the molecule is Cc1cc2c3c(c1)N(c1ccccc1-c1ccccc1)c1cc([Si](C)(C)C)ccc1B3c1ccc([Si](C)(C)C)cc1N2c1ccccc1-c1ccccc1. The number of fused-ring (bicyclic) bond motifs is 4. The molecule has 2 aliphatic rings. The third kappa shape index (κ3) is 5.69. The van der Waals surface area contributed by atoms with Crippen LogP contribution in [0.25, 0.3) is 22.3 Å². The van der Waals surface area contributed by atoms with E-state index >= 15 is 0 Å². The van der Waals surface area contributed by atoms with Crippen molar-refractivity contribution in [1.82, 2.24) is 0 Å². The topological polar surface area (TPSA) is 6.48 Å². The number of hydrogen-bond acceptors (Lipinski definition) is 2. The fourth-order valence-electron chi connectivity index (χ4n) is 8.64. The van der Waals surface area contributed by atoms with Gasteiger partial charge in [-0.15, -0.1) is 0 Å². The van der Waals surface area contributed by atoms with Crippen LogP contribution in [0, 0.1) is 6.92 Å². The number of para-hydroxylation sites is 2. The van der Waals surface area contributed by atoms with E-state index in [1.165, 1.54) is 88.7 Å². The average molecular weight is 731 g/mol. The third-order valence-electron chi connectivity index (χ3n) is 11.4. The van der Waals surface area contributed by atoms with Gasteiger partial charge in [0.1, 0.15) is 0 Å². The molecule has 264 valence electrons. The van der Waals surface area contributed by atoms with Crippen LogP contribution in [0.4, 0.5) is 34.1 Å². The van der Waals surface area contributed by atoms with Gasteiger partial charge in [-0.1, -0.05) is 171 Å². The van der Waals surface area contributed by atoms with Gasteiger partial charge in [-0.3, -0.25) is 0 Å². The molecule has 0 unspecified atom stereocenters. The van der Waals surface area contributed by atoms with E-state index in [1.807, 2.05) is 0 Å². The predicted molar refractivity (Wildman–Crippen MR) is 242 cm³/mol. The molecule has 0 atom stereocenters. The van der Waals surface area contributed by atoms with Crippen LogP contribution in [-0.2, 0) is 0 Å². The van der Waals surface area contributed by atoms with E-state index < -0.39 is 16.1 Å². The van der Waals surface area contributed by atoms with Crippen LogP contribution >= 0.6 is 0 Å². The van der Waals surface area contributed by atoms with E-state index in [0.29, 0.717) is 0 Å². The van der Waals surface area contributed by atoms with Crippen LogP contribution in [0.2, 0.25) is 39.3 Å². The Bertz CT molecular complexity index is 2380. The van der Waals surface area contributed by atoms with E-state index in [9.17, 15) is 0 Å². The van der Waals surface area contributed by atoms with Crippen molar-refractivity contribution >= 4 is 83.7 Å². The molecule has 0 N–H and O–H groups in total. The van der Waals surface area contributed by atoms with E-state index in [4.69, 9.17) is 0 Å². The largest absolute Gasteiger partial charge is 0.311 e. The van der Waals surface area contributed by atoms with Gasteiger partial charge >= 0.3 is 0 Å². The van der Waals surface area contributed by atoms with Gasteiger partial charge < -0.3 is 9.80 Å². The Balaban J connectivity index is 1.40. The fourth-order valence-corrected chi connectivity index (χ4v) is 10.9. The van der Waals surface area contributed by atoms with Crippen molar-refractivity contribution in [3.63, 3.8) is 0 Å². The summed E-state index contributed by atoms with van der Waals surface area (Å²) in [4.78, 5) is 5.21. The fraction of sp³-hybridized carbons (Fsp3) is 0.143. The van der Waals surface area contributed by atoms with Crippen molar-refractivity contribution in [3.8, 4) is 22.3 Å². The summed E-state index contributed by atoms with van der Waals surface area (Å²) in [6, 6.07) is 59.6. The Morgan fingerprint density at radius 1 is 0.389 bits per heavy atom. The Labute approximate surface area is 323 Å². The quantitative estimate of drug-likeness (QED) is 0.157. The molecule has 9 rings (SSSR count). The molecule has 7 aromatic carbocycles. The third-order valence-corrected chi connectivity index (χ3v) is 15.5. The minimum Gasteiger partial charge on any atom is -0.311 e. The number of aryl methyl sites for hydroxylation is 1. The van der Waals surface area contributed by atoms with Gasteiger partial charge in [0.2, 0.25) is 0 Å². The van der Waals surface area contributed by atoms with Gasteiger partial charge in [0.15, 0.2) is 0 Å². The van der Waals surface area contributed by atoms with E-state index in [-0.39, 0.29) is 6.71 Å². The molecule has 0 saturated heterocycles. The number of rotatable bonds is 6. The smallest absolute Gasteiger partial charge is 0.252 e. The molecule has 0 fully saturated rings. The maximum Gasteiger partial charge on any atom is 0.252 e. The highest BCUT2D eigenvalue weighted by Gasteiger charge is 2.44. The molecule has 2 aliphatic heterocycles. The highest BCUT2D eigenvalue weighted by Crippen LogP contribution is 2.48. The summed E-state index contributed by atoms with van der Waals surface area (Å²) in [5.41, 5.74) is 17.8. The summed E-state index contributed by atoms with van der Waals surface area (Å²) in [6.07, 6.45) is 0. The van der Waals surface area contributed by atoms with Gasteiger partial charge in [0, 0.05) is 33.9 Å². The zero-order valence-electron chi connectivity index (χ0n) is 32.5. The van der Waals surface area contributed by atoms with E-state index in [1.54, 1.807) is 0 Å². The monoisotopic (exact) mass is 730 g/mol. The second kappa shape index (κ2) is 12.9. The molecular formula is C49H47BN2Si2. The van der Waals surface area contributed by atoms with Crippen LogP contribution in [0.3, 0.4) is 0 Å². The first-order chi connectivity index (χ1) is 26.0. The molecule has 0 aromatic heterocycles. The van der Waals surface area contributed by atoms with Crippen molar-refractivity contribution in [1.29, 1.82) is 0 Å². The van der Waals surface area contributed by atoms with Crippen molar-refractivity contribution in [2.75, 3.05) is 9.80 Å². The first kappa shape index (κ1) is 34.4. The first-order valence-electron chi connectivity index (χ1n) is 19.3. The highest BCUT2D eigenvalue weighted by molar-refractivity contribution is 7.01. The van der Waals surface area contributed by atoms with Gasteiger partial charge in [0.05, 0.1) is 27.5 Å². The molecule has 54 heavy (non-hydrogen) atoms. The highest BCUT2D eigenvalue weighted by atomic mass is 28.3. The second-order valence-corrected chi connectivity index (χ2v) is 27.3. The van der Waals surface area contributed by atoms with Gasteiger partial charge in [-0.05, 0) is 76.4 Å². The Hall–Kier alpha value is -5.36. The van der Waals surface area contributed by atoms with Crippen molar-refractivity contribution in [2.45, 2.75) is 46.2 Å². The molecule has 0 spiro atoms. The predicted octanol–water partition coefficient (Wildman–Crippen LogP) is 10.5. The van der Waals surface area contributed by atoms with E-state index in [0.717, 1.165) is 0 Å². The number of nitrogens with zero attached hydrogens (tertiary/aromatic N) is 2. The van der Waals surface area contributed by atoms with Crippen LogP contribution in [0.5, 0.6) is 0 Å². The summed E-state index contributed by atoms with van der Waals surface area (Å²) in [7, 11) is -3.31. The molecule has 2 nitrogen and oxygen atoms in total. The van der Waals surface area contributed by atoms with Crippen molar-refractivity contribution in [2.24, 2.45) is 0 Å².